The van der Waals surface area contributed by atoms with E-state index >= 15 is 0 Å². The van der Waals surface area contributed by atoms with Crippen LogP contribution in [0.15, 0.2) is 47.1 Å². The molecule has 20 heavy (non-hydrogen) atoms. The van der Waals surface area contributed by atoms with Gasteiger partial charge in [-0.05, 0) is 24.3 Å². The van der Waals surface area contributed by atoms with Gasteiger partial charge < -0.3 is 9.15 Å². The first-order valence-corrected chi connectivity index (χ1v) is 5.43. The predicted molar refractivity (Wildman–Crippen MR) is 66.4 cm³/mol. The Balaban J connectivity index is 2.15. The zero-order valence-corrected chi connectivity index (χ0v) is 9.99. The van der Waals surface area contributed by atoms with Gasteiger partial charge in [0.25, 0.3) is 0 Å². The number of carbonyl (C=O) groups is 1. The van der Waals surface area contributed by atoms with E-state index in [4.69, 9.17) is 9.15 Å². The van der Waals surface area contributed by atoms with Crippen LogP contribution in [0.4, 0.5) is 10.1 Å². The molecular formula is C13H8FNO5. The third-order valence-electron chi connectivity index (χ3n) is 2.26. The van der Waals surface area contributed by atoms with E-state index in [9.17, 15) is 19.3 Å². The fraction of sp³-hybridized carbons (Fsp3) is 0. The van der Waals surface area contributed by atoms with E-state index in [0.29, 0.717) is 5.76 Å². The molecule has 0 aliphatic carbocycles. The van der Waals surface area contributed by atoms with Crippen molar-refractivity contribution in [2.24, 2.45) is 0 Å². The van der Waals surface area contributed by atoms with Crippen molar-refractivity contribution in [3.05, 3.63) is 64.4 Å². The molecule has 0 saturated heterocycles. The molecule has 1 aromatic carbocycles. The molecule has 0 fully saturated rings. The topological polar surface area (TPSA) is 82.6 Å². The van der Waals surface area contributed by atoms with Crippen molar-refractivity contribution in [2.75, 3.05) is 0 Å². The minimum absolute atomic E-state index is 0.413. The quantitative estimate of drug-likeness (QED) is 0.282. The van der Waals surface area contributed by atoms with Crippen molar-refractivity contribution < 1.29 is 23.3 Å². The van der Waals surface area contributed by atoms with E-state index in [-0.39, 0.29) is 0 Å². The number of nitro groups is 1. The maximum Gasteiger partial charge on any atom is 0.336 e. The Morgan fingerprint density at radius 3 is 2.85 bits per heavy atom. The lowest BCUT2D eigenvalue weighted by Crippen LogP contribution is -2.06. The third-order valence-corrected chi connectivity index (χ3v) is 2.26. The smallest absolute Gasteiger partial charge is 0.336 e. The lowest BCUT2D eigenvalue weighted by atomic mass is 10.3. The summed E-state index contributed by atoms with van der Waals surface area (Å²) in [7, 11) is 0. The van der Waals surface area contributed by atoms with E-state index in [1.165, 1.54) is 12.3 Å². The molecule has 2 aromatic rings. The number of furan rings is 1. The molecule has 0 radical (unpaired) electrons. The highest BCUT2D eigenvalue weighted by molar-refractivity contribution is 5.88. The number of carbonyl (C=O) groups excluding carboxylic acids is 1. The second-order valence-corrected chi connectivity index (χ2v) is 3.64. The Morgan fingerprint density at radius 1 is 1.40 bits per heavy atom. The number of hydrogen-bond donors (Lipinski definition) is 0. The molecule has 0 N–H and O–H groups in total. The van der Waals surface area contributed by atoms with Crippen LogP contribution in [0.25, 0.3) is 6.08 Å². The van der Waals surface area contributed by atoms with Crippen molar-refractivity contribution in [3.8, 4) is 5.75 Å². The van der Waals surface area contributed by atoms with Gasteiger partial charge in [0.15, 0.2) is 0 Å². The standard InChI is InChI=1S/C13H8FNO5/c14-9-3-5-11(15(17)18)12(8-9)20-13(16)6-4-10-2-1-7-19-10/h1-8H/b6-4+. The van der Waals surface area contributed by atoms with Gasteiger partial charge in [0.2, 0.25) is 5.75 Å². The molecule has 0 atom stereocenters. The van der Waals surface area contributed by atoms with Gasteiger partial charge in [0.1, 0.15) is 11.6 Å². The minimum atomic E-state index is -0.880. The van der Waals surface area contributed by atoms with E-state index in [1.54, 1.807) is 12.1 Å². The molecule has 102 valence electrons. The summed E-state index contributed by atoms with van der Waals surface area (Å²) in [6, 6.07) is 5.84. The Bertz CT molecular complexity index is 663. The summed E-state index contributed by atoms with van der Waals surface area (Å²) in [5, 5.41) is 10.7. The molecule has 0 unspecified atom stereocenters. The van der Waals surface area contributed by atoms with Crippen molar-refractivity contribution in [1.82, 2.24) is 0 Å². The second kappa shape index (κ2) is 5.79. The van der Waals surface area contributed by atoms with E-state index in [1.807, 2.05) is 0 Å². The second-order valence-electron chi connectivity index (χ2n) is 3.64. The van der Waals surface area contributed by atoms with Gasteiger partial charge in [0.05, 0.1) is 11.2 Å². The van der Waals surface area contributed by atoms with Crippen molar-refractivity contribution in [2.45, 2.75) is 0 Å². The summed E-state index contributed by atoms with van der Waals surface area (Å²) in [4.78, 5) is 21.5. The van der Waals surface area contributed by atoms with Gasteiger partial charge >= 0.3 is 11.7 Å². The van der Waals surface area contributed by atoms with Gasteiger partial charge in [0, 0.05) is 18.2 Å². The number of rotatable bonds is 4. The molecule has 0 spiro atoms. The molecule has 1 heterocycles. The number of nitro benzene ring substituents is 1. The Kier molecular flexibility index (Phi) is 3.90. The largest absolute Gasteiger partial charge is 0.465 e. The normalized spacial score (nSPS) is 10.7. The van der Waals surface area contributed by atoms with E-state index in [0.717, 1.165) is 24.3 Å². The Hall–Kier alpha value is -2.96. The average molecular weight is 277 g/mol. The lowest BCUT2D eigenvalue weighted by molar-refractivity contribution is -0.385. The van der Waals surface area contributed by atoms with Gasteiger partial charge in [-0.2, -0.15) is 0 Å². The van der Waals surface area contributed by atoms with Crippen LogP contribution >= 0.6 is 0 Å². The summed E-state index contributed by atoms with van der Waals surface area (Å²) < 4.78 is 22.7. The molecule has 2 rings (SSSR count). The van der Waals surface area contributed by atoms with E-state index in [2.05, 4.69) is 0 Å². The Morgan fingerprint density at radius 2 is 2.20 bits per heavy atom. The van der Waals surface area contributed by atoms with Crippen LogP contribution in [-0.4, -0.2) is 10.9 Å². The van der Waals surface area contributed by atoms with Crippen LogP contribution in [0.5, 0.6) is 5.75 Å². The molecule has 0 aliphatic rings. The highest BCUT2D eigenvalue weighted by Gasteiger charge is 2.17. The zero-order chi connectivity index (χ0) is 14.5. The van der Waals surface area contributed by atoms with Crippen LogP contribution < -0.4 is 4.74 Å². The molecule has 0 saturated carbocycles. The molecule has 0 aliphatic heterocycles. The molecule has 1 aromatic heterocycles. The van der Waals surface area contributed by atoms with Crippen molar-refractivity contribution in [3.63, 3.8) is 0 Å². The number of halogens is 1. The predicted octanol–water partition coefficient (Wildman–Crippen LogP) is 2.95. The minimum Gasteiger partial charge on any atom is -0.465 e. The summed E-state index contributed by atoms with van der Waals surface area (Å²) in [5.41, 5.74) is -0.494. The van der Waals surface area contributed by atoms with Crippen molar-refractivity contribution >= 4 is 17.7 Å². The lowest BCUT2D eigenvalue weighted by Gasteiger charge is -2.02. The molecular weight excluding hydrogens is 269 g/mol. The molecule has 6 nitrogen and oxygen atoms in total. The number of nitrogens with zero attached hydrogens (tertiary/aromatic N) is 1. The number of ether oxygens (including phenoxy) is 1. The third kappa shape index (κ3) is 3.29. The molecule has 0 amide bonds. The maximum absolute atomic E-state index is 13.0. The summed E-state index contributed by atoms with van der Waals surface area (Å²) in [6.45, 7) is 0. The summed E-state index contributed by atoms with van der Waals surface area (Å²) in [5.74, 6) is -1.66. The average Bonchev–Trinajstić information content (AvgIpc) is 2.89. The van der Waals surface area contributed by atoms with Gasteiger partial charge in [-0.15, -0.1) is 0 Å². The van der Waals surface area contributed by atoms with Crippen LogP contribution in [0, 0.1) is 15.9 Å². The number of esters is 1. The molecule has 0 bridgehead atoms. The number of benzene rings is 1. The highest BCUT2D eigenvalue weighted by Crippen LogP contribution is 2.27. The van der Waals surface area contributed by atoms with E-state index < -0.39 is 28.1 Å². The Labute approximate surface area is 112 Å². The first-order valence-electron chi connectivity index (χ1n) is 5.43. The van der Waals surface area contributed by atoms with Crippen LogP contribution in [0.1, 0.15) is 5.76 Å². The highest BCUT2D eigenvalue weighted by atomic mass is 19.1. The zero-order valence-electron chi connectivity index (χ0n) is 9.99. The monoisotopic (exact) mass is 277 g/mol. The SMILES string of the molecule is O=C(/C=C/c1ccco1)Oc1cc(F)ccc1[N+](=O)[O-]. The van der Waals surface area contributed by atoms with Crippen LogP contribution in [-0.2, 0) is 4.79 Å². The van der Waals surface area contributed by atoms with Gasteiger partial charge in [-0.1, -0.05) is 0 Å². The summed E-state index contributed by atoms with van der Waals surface area (Å²) in [6.07, 6.45) is 3.77. The maximum atomic E-state index is 13.0. The molecule has 7 heteroatoms. The van der Waals surface area contributed by atoms with Crippen LogP contribution in [0.2, 0.25) is 0 Å². The summed E-state index contributed by atoms with van der Waals surface area (Å²) >= 11 is 0. The fourth-order valence-electron chi connectivity index (χ4n) is 1.40. The van der Waals surface area contributed by atoms with Crippen LogP contribution in [0.3, 0.4) is 0 Å². The first kappa shape index (κ1) is 13.5. The first-order chi connectivity index (χ1) is 9.56. The van der Waals surface area contributed by atoms with Gasteiger partial charge in [-0.25, -0.2) is 9.18 Å². The number of hydrogen-bond acceptors (Lipinski definition) is 5. The van der Waals surface area contributed by atoms with Gasteiger partial charge in [-0.3, -0.25) is 10.1 Å². The fourth-order valence-corrected chi connectivity index (χ4v) is 1.40. The van der Waals surface area contributed by atoms with Crippen molar-refractivity contribution in [1.29, 1.82) is 0 Å².